The SMILES string of the molecule is O=C1OC(CCO)CN1Cc1cccc(F)c1. The molecule has 1 unspecified atom stereocenters. The van der Waals surface area contributed by atoms with Gasteiger partial charge in [-0.2, -0.15) is 0 Å². The number of aliphatic hydroxyl groups is 1. The molecule has 1 aliphatic heterocycles. The van der Waals surface area contributed by atoms with E-state index in [0.29, 0.717) is 19.5 Å². The van der Waals surface area contributed by atoms with Gasteiger partial charge in [0.2, 0.25) is 0 Å². The highest BCUT2D eigenvalue weighted by Gasteiger charge is 2.30. The van der Waals surface area contributed by atoms with E-state index < -0.39 is 6.09 Å². The lowest BCUT2D eigenvalue weighted by molar-refractivity contribution is 0.117. The number of ether oxygens (including phenoxy) is 1. The van der Waals surface area contributed by atoms with Gasteiger partial charge >= 0.3 is 6.09 Å². The molecule has 1 aliphatic rings. The van der Waals surface area contributed by atoms with Gasteiger partial charge in [-0.05, 0) is 17.7 Å². The molecule has 0 spiro atoms. The first-order chi connectivity index (χ1) is 8.19. The molecule has 0 radical (unpaired) electrons. The molecule has 1 aromatic rings. The minimum absolute atomic E-state index is 0.00818. The smallest absolute Gasteiger partial charge is 0.410 e. The van der Waals surface area contributed by atoms with Crippen LogP contribution in [0.4, 0.5) is 9.18 Å². The topological polar surface area (TPSA) is 49.8 Å². The minimum atomic E-state index is -0.410. The molecule has 1 fully saturated rings. The van der Waals surface area contributed by atoms with Crippen LogP contribution in [0.5, 0.6) is 0 Å². The predicted molar refractivity (Wildman–Crippen MR) is 58.8 cm³/mol. The van der Waals surface area contributed by atoms with Crippen LogP contribution in [-0.2, 0) is 11.3 Å². The van der Waals surface area contributed by atoms with E-state index in [9.17, 15) is 9.18 Å². The van der Waals surface area contributed by atoms with Crippen molar-refractivity contribution in [3.8, 4) is 0 Å². The standard InChI is InChI=1S/C12H14FNO3/c13-10-3-1-2-9(6-10)7-14-8-11(4-5-15)17-12(14)16/h1-3,6,11,15H,4-5,7-8H2. The predicted octanol–water partition coefficient (Wildman–Crippen LogP) is 1.53. The van der Waals surface area contributed by atoms with E-state index in [2.05, 4.69) is 0 Å². The third-order valence-electron chi connectivity index (χ3n) is 2.66. The van der Waals surface area contributed by atoms with Gasteiger partial charge in [0.05, 0.1) is 6.54 Å². The molecular weight excluding hydrogens is 225 g/mol. The number of aliphatic hydroxyl groups excluding tert-OH is 1. The molecule has 2 rings (SSSR count). The van der Waals surface area contributed by atoms with Crippen molar-refractivity contribution in [1.82, 2.24) is 4.90 Å². The molecule has 1 aromatic carbocycles. The number of benzene rings is 1. The summed E-state index contributed by atoms with van der Waals surface area (Å²) < 4.78 is 18.0. The second kappa shape index (κ2) is 5.14. The maximum absolute atomic E-state index is 13.0. The fraction of sp³-hybridized carbons (Fsp3) is 0.417. The van der Waals surface area contributed by atoms with E-state index in [-0.39, 0.29) is 18.5 Å². The summed E-state index contributed by atoms with van der Waals surface area (Å²) in [4.78, 5) is 13.0. The number of halogens is 1. The highest BCUT2D eigenvalue weighted by molar-refractivity contribution is 5.69. The zero-order valence-electron chi connectivity index (χ0n) is 9.30. The van der Waals surface area contributed by atoms with Gasteiger partial charge in [0.15, 0.2) is 0 Å². The van der Waals surface area contributed by atoms with Crippen molar-refractivity contribution in [3.63, 3.8) is 0 Å². The summed E-state index contributed by atoms with van der Waals surface area (Å²) in [6, 6.07) is 6.13. The molecule has 0 aromatic heterocycles. The number of hydrogen-bond acceptors (Lipinski definition) is 3. The Morgan fingerprint density at radius 2 is 2.35 bits per heavy atom. The zero-order valence-corrected chi connectivity index (χ0v) is 9.30. The number of carbonyl (C=O) groups is 1. The lowest BCUT2D eigenvalue weighted by atomic mass is 10.2. The fourth-order valence-corrected chi connectivity index (χ4v) is 1.85. The number of carbonyl (C=O) groups excluding carboxylic acids is 1. The number of amides is 1. The first-order valence-corrected chi connectivity index (χ1v) is 5.50. The highest BCUT2D eigenvalue weighted by atomic mass is 19.1. The second-order valence-electron chi connectivity index (χ2n) is 4.03. The van der Waals surface area contributed by atoms with Gasteiger partial charge in [-0.3, -0.25) is 0 Å². The lowest BCUT2D eigenvalue weighted by Gasteiger charge is -2.12. The van der Waals surface area contributed by atoms with Gasteiger partial charge in [-0.15, -0.1) is 0 Å². The Morgan fingerprint density at radius 3 is 3.06 bits per heavy atom. The molecule has 1 atom stereocenters. The van der Waals surface area contributed by atoms with E-state index in [1.807, 2.05) is 0 Å². The molecule has 1 N–H and O–H groups in total. The number of rotatable bonds is 4. The average Bonchev–Trinajstić information content (AvgIpc) is 2.60. The van der Waals surface area contributed by atoms with Crippen LogP contribution in [-0.4, -0.2) is 35.4 Å². The molecule has 1 saturated heterocycles. The van der Waals surface area contributed by atoms with Crippen LogP contribution in [0.25, 0.3) is 0 Å². The van der Waals surface area contributed by atoms with Crippen molar-refractivity contribution in [2.45, 2.75) is 19.1 Å². The monoisotopic (exact) mass is 239 g/mol. The summed E-state index contributed by atoms with van der Waals surface area (Å²) >= 11 is 0. The minimum Gasteiger partial charge on any atom is -0.444 e. The summed E-state index contributed by atoms with van der Waals surface area (Å²) in [5, 5.41) is 8.77. The van der Waals surface area contributed by atoms with E-state index >= 15 is 0 Å². The van der Waals surface area contributed by atoms with Crippen LogP contribution < -0.4 is 0 Å². The fourth-order valence-electron chi connectivity index (χ4n) is 1.85. The molecule has 1 amide bonds. The van der Waals surface area contributed by atoms with Gasteiger partial charge < -0.3 is 14.7 Å². The Bertz CT molecular complexity index is 410. The van der Waals surface area contributed by atoms with Crippen LogP contribution in [0.1, 0.15) is 12.0 Å². The van der Waals surface area contributed by atoms with Gasteiger partial charge in [0, 0.05) is 19.6 Å². The van der Waals surface area contributed by atoms with Crippen molar-refractivity contribution in [2.24, 2.45) is 0 Å². The van der Waals surface area contributed by atoms with E-state index in [1.54, 1.807) is 12.1 Å². The number of nitrogens with zero attached hydrogens (tertiary/aromatic N) is 1. The summed E-state index contributed by atoms with van der Waals surface area (Å²) in [6.45, 7) is 0.764. The van der Waals surface area contributed by atoms with E-state index in [0.717, 1.165) is 5.56 Å². The lowest BCUT2D eigenvalue weighted by Crippen LogP contribution is -2.24. The summed E-state index contributed by atoms with van der Waals surface area (Å²) in [5.74, 6) is -0.318. The Kier molecular flexibility index (Phi) is 3.58. The maximum atomic E-state index is 13.0. The number of cyclic esters (lactones) is 1. The highest BCUT2D eigenvalue weighted by Crippen LogP contribution is 2.17. The molecule has 0 bridgehead atoms. The first-order valence-electron chi connectivity index (χ1n) is 5.50. The third kappa shape index (κ3) is 2.94. The van der Waals surface area contributed by atoms with Crippen molar-refractivity contribution in [2.75, 3.05) is 13.2 Å². The summed E-state index contributed by atoms with van der Waals surface area (Å²) in [7, 11) is 0. The van der Waals surface area contributed by atoms with Crippen LogP contribution in [0.2, 0.25) is 0 Å². The Hall–Kier alpha value is -1.62. The van der Waals surface area contributed by atoms with Crippen LogP contribution in [0.15, 0.2) is 24.3 Å². The average molecular weight is 239 g/mol. The van der Waals surface area contributed by atoms with Crippen molar-refractivity contribution in [3.05, 3.63) is 35.6 Å². The molecule has 0 aliphatic carbocycles. The summed E-state index contributed by atoms with van der Waals surface area (Å²) in [5.41, 5.74) is 0.728. The number of hydrogen-bond donors (Lipinski definition) is 1. The van der Waals surface area contributed by atoms with E-state index in [1.165, 1.54) is 17.0 Å². The first kappa shape index (κ1) is 11.9. The Labute approximate surface area is 98.6 Å². The van der Waals surface area contributed by atoms with Crippen LogP contribution in [0.3, 0.4) is 0 Å². The zero-order chi connectivity index (χ0) is 12.3. The molecule has 0 saturated carbocycles. The van der Waals surface area contributed by atoms with E-state index in [4.69, 9.17) is 9.84 Å². The van der Waals surface area contributed by atoms with Gasteiger partial charge in [0.1, 0.15) is 11.9 Å². The Morgan fingerprint density at radius 1 is 1.53 bits per heavy atom. The van der Waals surface area contributed by atoms with Crippen molar-refractivity contribution in [1.29, 1.82) is 0 Å². The molecule has 92 valence electrons. The third-order valence-corrected chi connectivity index (χ3v) is 2.66. The molecule has 1 heterocycles. The summed E-state index contributed by atoms with van der Waals surface area (Å²) in [6.07, 6.45) is -0.237. The normalized spacial score (nSPS) is 19.5. The van der Waals surface area contributed by atoms with Crippen molar-refractivity contribution < 1.29 is 19.0 Å². The van der Waals surface area contributed by atoms with Crippen LogP contribution >= 0.6 is 0 Å². The molecule has 5 heteroatoms. The quantitative estimate of drug-likeness (QED) is 0.866. The van der Waals surface area contributed by atoms with Gasteiger partial charge in [-0.25, -0.2) is 9.18 Å². The Balaban J connectivity index is 1.98. The molecular formula is C12H14FNO3. The largest absolute Gasteiger partial charge is 0.444 e. The second-order valence-corrected chi connectivity index (χ2v) is 4.03. The maximum Gasteiger partial charge on any atom is 0.410 e. The van der Waals surface area contributed by atoms with Gasteiger partial charge in [-0.1, -0.05) is 12.1 Å². The molecule has 17 heavy (non-hydrogen) atoms. The van der Waals surface area contributed by atoms with Gasteiger partial charge in [0.25, 0.3) is 0 Å². The van der Waals surface area contributed by atoms with Crippen molar-refractivity contribution >= 4 is 6.09 Å². The molecule has 4 nitrogen and oxygen atoms in total. The van der Waals surface area contributed by atoms with Crippen LogP contribution in [0, 0.1) is 5.82 Å².